The number of carbonyl (C=O) groups excluding carboxylic acids is 1. The molecule has 1 amide bonds. The summed E-state index contributed by atoms with van der Waals surface area (Å²) in [5.41, 5.74) is 0.713. The van der Waals surface area contributed by atoms with Crippen LogP contribution in [-0.2, 0) is 11.3 Å². The van der Waals surface area contributed by atoms with Crippen LogP contribution in [-0.4, -0.2) is 43.1 Å². The van der Waals surface area contributed by atoms with Gasteiger partial charge in [0.25, 0.3) is 0 Å². The van der Waals surface area contributed by atoms with E-state index in [1.54, 1.807) is 24.0 Å². The van der Waals surface area contributed by atoms with Gasteiger partial charge in [0, 0.05) is 19.7 Å². The number of aromatic nitrogens is 4. The zero-order chi connectivity index (χ0) is 12.7. The van der Waals surface area contributed by atoms with Crippen molar-refractivity contribution in [1.82, 2.24) is 24.6 Å². The molecule has 2 aromatic heterocycles. The molecule has 94 valence electrons. The Labute approximate surface area is 109 Å². The van der Waals surface area contributed by atoms with Crippen LogP contribution >= 0.6 is 11.6 Å². The molecule has 0 bridgehead atoms. The first-order chi connectivity index (χ1) is 8.65. The molecule has 2 aromatic rings. The van der Waals surface area contributed by atoms with E-state index in [4.69, 9.17) is 11.6 Å². The highest BCUT2D eigenvalue weighted by molar-refractivity contribution is 6.28. The lowest BCUT2D eigenvalue weighted by molar-refractivity contribution is -0.136. The van der Waals surface area contributed by atoms with Crippen LogP contribution in [0.25, 0.3) is 11.0 Å². The van der Waals surface area contributed by atoms with Gasteiger partial charge in [-0.15, -0.1) is 0 Å². The van der Waals surface area contributed by atoms with Crippen molar-refractivity contribution in [2.24, 2.45) is 0 Å². The first-order valence-electron chi connectivity index (χ1n) is 5.76. The van der Waals surface area contributed by atoms with Gasteiger partial charge in [0.15, 0.2) is 5.65 Å². The van der Waals surface area contributed by atoms with Crippen molar-refractivity contribution in [3.05, 3.63) is 17.7 Å². The summed E-state index contributed by atoms with van der Waals surface area (Å²) in [6.07, 6.45) is 4.36. The van der Waals surface area contributed by atoms with E-state index in [1.807, 2.05) is 4.90 Å². The van der Waals surface area contributed by atoms with Crippen molar-refractivity contribution < 1.29 is 4.79 Å². The minimum absolute atomic E-state index is 0.107. The summed E-state index contributed by atoms with van der Waals surface area (Å²) in [6.45, 7) is 3.07. The van der Waals surface area contributed by atoms with Crippen molar-refractivity contribution >= 4 is 28.5 Å². The van der Waals surface area contributed by atoms with Gasteiger partial charge in [0.2, 0.25) is 11.2 Å². The summed E-state index contributed by atoms with van der Waals surface area (Å²) in [4.78, 5) is 21.3. The molecule has 3 rings (SSSR count). The van der Waals surface area contributed by atoms with Crippen LogP contribution < -0.4 is 0 Å². The number of halogens is 1. The summed E-state index contributed by atoms with van der Waals surface area (Å²) in [5, 5.41) is 5.33. The Morgan fingerprint density at radius 2 is 2.39 bits per heavy atom. The Bertz CT molecular complexity index is 610. The third kappa shape index (κ3) is 1.82. The molecule has 18 heavy (non-hydrogen) atoms. The van der Waals surface area contributed by atoms with Crippen molar-refractivity contribution in [3.63, 3.8) is 0 Å². The van der Waals surface area contributed by atoms with Gasteiger partial charge >= 0.3 is 0 Å². The van der Waals surface area contributed by atoms with E-state index >= 15 is 0 Å². The van der Waals surface area contributed by atoms with Crippen LogP contribution in [0.2, 0.25) is 5.28 Å². The lowest BCUT2D eigenvalue weighted by atomic mass is 10.0. The van der Waals surface area contributed by atoms with Gasteiger partial charge in [-0.2, -0.15) is 10.1 Å². The summed E-state index contributed by atoms with van der Waals surface area (Å²) in [7, 11) is 0. The van der Waals surface area contributed by atoms with E-state index in [2.05, 4.69) is 15.1 Å². The lowest BCUT2D eigenvalue weighted by Gasteiger charge is -2.40. The predicted molar refractivity (Wildman–Crippen MR) is 66.1 cm³/mol. The highest BCUT2D eigenvalue weighted by Crippen LogP contribution is 2.21. The zero-order valence-electron chi connectivity index (χ0n) is 9.88. The zero-order valence-corrected chi connectivity index (χ0v) is 10.6. The predicted octanol–water partition coefficient (Wildman–Crippen LogP) is 1.10. The van der Waals surface area contributed by atoms with Gasteiger partial charge in [-0.1, -0.05) is 0 Å². The molecule has 1 aliphatic rings. The minimum atomic E-state index is 0.107. The van der Waals surface area contributed by atoms with Crippen molar-refractivity contribution in [1.29, 1.82) is 0 Å². The molecule has 0 aromatic carbocycles. The molecule has 0 N–H and O–H groups in total. The van der Waals surface area contributed by atoms with Gasteiger partial charge in [-0.05, 0) is 18.0 Å². The number of fused-ring (bicyclic) bond motifs is 1. The van der Waals surface area contributed by atoms with Crippen LogP contribution in [0.1, 0.15) is 13.3 Å². The molecule has 7 heteroatoms. The highest BCUT2D eigenvalue weighted by Gasteiger charge is 2.30. The number of hydrogen-bond donors (Lipinski definition) is 0. The first-order valence-corrected chi connectivity index (χ1v) is 6.14. The van der Waals surface area contributed by atoms with Crippen molar-refractivity contribution in [3.8, 4) is 0 Å². The van der Waals surface area contributed by atoms with E-state index in [1.165, 1.54) is 0 Å². The molecule has 0 saturated carbocycles. The third-order valence-corrected chi connectivity index (χ3v) is 3.46. The van der Waals surface area contributed by atoms with Gasteiger partial charge in [-0.3, -0.25) is 4.79 Å². The molecule has 1 atom stereocenters. The Kier molecular flexibility index (Phi) is 2.66. The van der Waals surface area contributed by atoms with E-state index < -0.39 is 0 Å². The van der Waals surface area contributed by atoms with Gasteiger partial charge in [-0.25, -0.2) is 9.67 Å². The van der Waals surface area contributed by atoms with Crippen LogP contribution in [0.4, 0.5) is 0 Å². The van der Waals surface area contributed by atoms with Gasteiger partial charge in [0.1, 0.15) is 0 Å². The number of carbonyl (C=O) groups is 1. The van der Waals surface area contributed by atoms with Gasteiger partial charge < -0.3 is 4.90 Å². The molecule has 3 heterocycles. The van der Waals surface area contributed by atoms with Crippen LogP contribution in [0.5, 0.6) is 0 Å². The molecular weight excluding hydrogens is 254 g/mol. The monoisotopic (exact) mass is 265 g/mol. The smallest absolute Gasteiger partial charge is 0.224 e. The Morgan fingerprint density at radius 1 is 1.56 bits per heavy atom. The molecule has 0 unspecified atom stereocenters. The number of nitrogens with zero attached hydrogens (tertiary/aromatic N) is 5. The summed E-state index contributed by atoms with van der Waals surface area (Å²) >= 11 is 5.78. The Balaban J connectivity index is 1.87. The largest absolute Gasteiger partial charge is 0.338 e. The van der Waals surface area contributed by atoms with E-state index in [0.717, 1.165) is 18.4 Å². The highest BCUT2D eigenvalue weighted by atomic mass is 35.5. The minimum Gasteiger partial charge on any atom is -0.338 e. The quantitative estimate of drug-likeness (QED) is 0.763. The van der Waals surface area contributed by atoms with E-state index in [9.17, 15) is 4.79 Å². The fourth-order valence-corrected chi connectivity index (χ4v) is 2.35. The maximum absolute atomic E-state index is 11.3. The summed E-state index contributed by atoms with van der Waals surface area (Å²) in [5.74, 6) is 0.107. The second kappa shape index (κ2) is 4.20. The van der Waals surface area contributed by atoms with Crippen LogP contribution in [0, 0.1) is 0 Å². The van der Waals surface area contributed by atoms with Crippen LogP contribution in [0.15, 0.2) is 12.4 Å². The standard InChI is InChI=1S/C11H12ClN5O/c1-7(18)16-3-2-9(16)6-17-10-8(5-14-17)4-13-11(12)15-10/h4-5,9H,2-3,6H2,1H3/t9-/m0/s1. The second-order valence-corrected chi connectivity index (χ2v) is 4.74. The molecular formula is C11H12ClN5O. The van der Waals surface area contributed by atoms with Gasteiger partial charge in [0.05, 0.1) is 24.2 Å². The Hall–Kier alpha value is -1.69. The normalized spacial score (nSPS) is 19.0. The average molecular weight is 266 g/mol. The SMILES string of the molecule is CC(=O)N1CC[C@H]1Cn1ncc2cnc(Cl)nc21. The summed E-state index contributed by atoms with van der Waals surface area (Å²) in [6, 6.07) is 0.208. The lowest BCUT2D eigenvalue weighted by Crippen LogP contribution is -2.52. The van der Waals surface area contributed by atoms with E-state index in [-0.39, 0.29) is 17.2 Å². The van der Waals surface area contributed by atoms with E-state index in [0.29, 0.717) is 12.2 Å². The molecule has 1 saturated heterocycles. The fourth-order valence-electron chi connectivity index (χ4n) is 2.22. The number of likely N-dealkylation sites (tertiary alicyclic amines) is 1. The molecule has 1 aliphatic heterocycles. The van der Waals surface area contributed by atoms with Crippen molar-refractivity contribution in [2.45, 2.75) is 25.9 Å². The van der Waals surface area contributed by atoms with Crippen molar-refractivity contribution in [2.75, 3.05) is 6.54 Å². The molecule has 0 spiro atoms. The Morgan fingerprint density at radius 3 is 3.06 bits per heavy atom. The second-order valence-electron chi connectivity index (χ2n) is 4.40. The molecule has 0 radical (unpaired) electrons. The number of hydrogen-bond acceptors (Lipinski definition) is 4. The number of amides is 1. The summed E-state index contributed by atoms with van der Waals surface area (Å²) < 4.78 is 1.78. The molecule has 0 aliphatic carbocycles. The van der Waals surface area contributed by atoms with Crippen LogP contribution in [0.3, 0.4) is 0 Å². The third-order valence-electron chi connectivity index (χ3n) is 3.28. The average Bonchev–Trinajstić information content (AvgIpc) is 2.66. The maximum Gasteiger partial charge on any atom is 0.224 e. The molecule has 6 nitrogen and oxygen atoms in total. The number of rotatable bonds is 2. The topological polar surface area (TPSA) is 63.9 Å². The first kappa shape index (κ1) is 11.4. The fraction of sp³-hybridized carbons (Fsp3) is 0.455. The maximum atomic E-state index is 11.3. The molecule has 1 fully saturated rings.